The van der Waals surface area contributed by atoms with E-state index in [0.717, 1.165) is 22.2 Å². The largest absolute Gasteiger partial charge is 0.492 e. The molecule has 14 heavy (non-hydrogen) atoms. The van der Waals surface area contributed by atoms with Gasteiger partial charge in [0.25, 0.3) is 0 Å². The Balaban J connectivity index is 2.46. The number of hydrogen-bond donors (Lipinski definition) is 0. The van der Waals surface area contributed by atoms with Crippen LogP contribution >= 0.6 is 15.9 Å². The van der Waals surface area contributed by atoms with E-state index in [1.165, 1.54) is 7.11 Å². The minimum atomic E-state index is -0.319. The van der Waals surface area contributed by atoms with Gasteiger partial charge in [-0.3, -0.25) is 0 Å². The van der Waals surface area contributed by atoms with E-state index < -0.39 is 0 Å². The lowest BCUT2D eigenvalue weighted by Crippen LogP contribution is -2.01. The molecule has 1 aliphatic rings. The van der Waals surface area contributed by atoms with Crippen LogP contribution in [-0.4, -0.2) is 19.7 Å². The maximum atomic E-state index is 11.3. The van der Waals surface area contributed by atoms with Crippen LogP contribution in [0.4, 0.5) is 0 Å². The van der Waals surface area contributed by atoms with Crippen LogP contribution in [-0.2, 0) is 11.2 Å². The molecule has 3 nitrogen and oxygen atoms in total. The first-order valence-electron chi connectivity index (χ1n) is 4.26. The molecule has 4 heteroatoms. The fraction of sp³-hybridized carbons (Fsp3) is 0.300. The molecular weight excluding hydrogens is 248 g/mol. The SMILES string of the molecule is COC(=O)c1cc(Br)c2c(c1)CCO2. The van der Waals surface area contributed by atoms with E-state index in [0.29, 0.717) is 12.2 Å². The highest BCUT2D eigenvalue weighted by atomic mass is 79.9. The Morgan fingerprint density at radius 1 is 1.57 bits per heavy atom. The van der Waals surface area contributed by atoms with E-state index in [-0.39, 0.29) is 5.97 Å². The predicted molar refractivity (Wildman–Crippen MR) is 54.7 cm³/mol. The summed E-state index contributed by atoms with van der Waals surface area (Å²) < 4.78 is 10.9. The van der Waals surface area contributed by atoms with Crippen LogP contribution < -0.4 is 4.74 Å². The molecule has 74 valence electrons. The summed E-state index contributed by atoms with van der Waals surface area (Å²) in [5.41, 5.74) is 1.61. The van der Waals surface area contributed by atoms with Crippen molar-refractivity contribution in [2.24, 2.45) is 0 Å². The predicted octanol–water partition coefficient (Wildman–Crippen LogP) is 2.17. The van der Waals surface area contributed by atoms with E-state index in [2.05, 4.69) is 20.7 Å². The number of esters is 1. The van der Waals surface area contributed by atoms with Gasteiger partial charge in [0, 0.05) is 6.42 Å². The Morgan fingerprint density at radius 3 is 3.07 bits per heavy atom. The van der Waals surface area contributed by atoms with Gasteiger partial charge >= 0.3 is 5.97 Å². The van der Waals surface area contributed by atoms with Gasteiger partial charge in [-0.05, 0) is 33.6 Å². The molecule has 0 aliphatic carbocycles. The van der Waals surface area contributed by atoms with E-state index in [1.54, 1.807) is 6.07 Å². The summed E-state index contributed by atoms with van der Waals surface area (Å²) in [6, 6.07) is 3.54. The number of ether oxygens (including phenoxy) is 2. The summed E-state index contributed by atoms with van der Waals surface area (Å²) in [4.78, 5) is 11.3. The monoisotopic (exact) mass is 256 g/mol. The first-order valence-corrected chi connectivity index (χ1v) is 5.05. The highest BCUT2D eigenvalue weighted by molar-refractivity contribution is 9.10. The van der Waals surface area contributed by atoms with E-state index in [4.69, 9.17) is 4.74 Å². The molecule has 0 fully saturated rings. The third kappa shape index (κ3) is 1.50. The maximum Gasteiger partial charge on any atom is 0.337 e. The van der Waals surface area contributed by atoms with Gasteiger partial charge in [-0.1, -0.05) is 0 Å². The second-order valence-corrected chi connectivity index (χ2v) is 3.89. The minimum Gasteiger partial charge on any atom is -0.492 e. The van der Waals surface area contributed by atoms with Gasteiger partial charge in [0.05, 0.1) is 23.8 Å². The first kappa shape index (κ1) is 9.52. The lowest BCUT2D eigenvalue weighted by atomic mass is 10.1. The van der Waals surface area contributed by atoms with Crippen LogP contribution in [0, 0.1) is 0 Å². The standard InChI is InChI=1S/C10H9BrO3/c1-13-10(12)7-4-6-2-3-14-9(6)8(11)5-7/h4-5H,2-3H2,1H3. The molecule has 1 aromatic carbocycles. The molecule has 0 bridgehead atoms. The molecule has 0 saturated heterocycles. The van der Waals surface area contributed by atoms with Crippen molar-refractivity contribution in [2.75, 3.05) is 13.7 Å². The zero-order valence-corrected chi connectivity index (χ0v) is 9.26. The van der Waals surface area contributed by atoms with E-state index in [1.807, 2.05) is 6.07 Å². The first-order chi connectivity index (χ1) is 6.72. The van der Waals surface area contributed by atoms with Crippen molar-refractivity contribution in [2.45, 2.75) is 6.42 Å². The van der Waals surface area contributed by atoms with Crippen molar-refractivity contribution in [3.63, 3.8) is 0 Å². The summed E-state index contributed by atoms with van der Waals surface area (Å²) in [5, 5.41) is 0. The number of methoxy groups -OCH3 is 1. The third-order valence-electron chi connectivity index (χ3n) is 2.16. The molecule has 0 radical (unpaired) electrons. The number of fused-ring (bicyclic) bond motifs is 1. The lowest BCUT2D eigenvalue weighted by Gasteiger charge is -2.04. The lowest BCUT2D eigenvalue weighted by molar-refractivity contribution is 0.0600. The zero-order valence-electron chi connectivity index (χ0n) is 7.67. The molecule has 0 N–H and O–H groups in total. The Bertz CT molecular complexity index is 387. The molecule has 1 aliphatic heterocycles. The number of rotatable bonds is 1. The second-order valence-electron chi connectivity index (χ2n) is 3.04. The van der Waals surface area contributed by atoms with Crippen molar-refractivity contribution in [3.8, 4) is 5.75 Å². The van der Waals surface area contributed by atoms with Crippen molar-refractivity contribution in [1.29, 1.82) is 0 Å². The summed E-state index contributed by atoms with van der Waals surface area (Å²) in [5.74, 6) is 0.526. The summed E-state index contributed by atoms with van der Waals surface area (Å²) >= 11 is 3.36. The molecule has 2 rings (SSSR count). The molecule has 0 unspecified atom stereocenters. The molecule has 1 heterocycles. The number of benzene rings is 1. The van der Waals surface area contributed by atoms with Gasteiger partial charge in [0.2, 0.25) is 0 Å². The van der Waals surface area contributed by atoms with E-state index in [9.17, 15) is 4.79 Å². The van der Waals surface area contributed by atoms with Gasteiger partial charge in [0.1, 0.15) is 5.75 Å². The third-order valence-corrected chi connectivity index (χ3v) is 2.75. The fourth-order valence-corrected chi connectivity index (χ4v) is 2.11. The highest BCUT2D eigenvalue weighted by Gasteiger charge is 2.18. The maximum absolute atomic E-state index is 11.3. The number of carbonyl (C=O) groups is 1. The van der Waals surface area contributed by atoms with Gasteiger partial charge in [-0.2, -0.15) is 0 Å². The average molecular weight is 257 g/mol. The Labute approximate surface area is 90.1 Å². The molecule has 0 saturated carbocycles. The molecule has 0 aromatic heterocycles. The number of halogens is 1. The van der Waals surface area contributed by atoms with Crippen molar-refractivity contribution >= 4 is 21.9 Å². The topological polar surface area (TPSA) is 35.5 Å². The van der Waals surface area contributed by atoms with Gasteiger partial charge in [-0.15, -0.1) is 0 Å². The Hall–Kier alpha value is -1.03. The summed E-state index contributed by atoms with van der Waals surface area (Å²) in [7, 11) is 1.37. The molecule has 0 atom stereocenters. The van der Waals surface area contributed by atoms with Crippen LogP contribution in [0.1, 0.15) is 15.9 Å². The number of hydrogen-bond acceptors (Lipinski definition) is 3. The second kappa shape index (κ2) is 3.61. The smallest absolute Gasteiger partial charge is 0.337 e. The van der Waals surface area contributed by atoms with Crippen LogP contribution in [0.2, 0.25) is 0 Å². The zero-order chi connectivity index (χ0) is 10.1. The summed E-state index contributed by atoms with van der Waals surface area (Å²) in [6.45, 7) is 0.679. The number of carbonyl (C=O) groups excluding carboxylic acids is 1. The van der Waals surface area contributed by atoms with Crippen molar-refractivity contribution in [1.82, 2.24) is 0 Å². The average Bonchev–Trinajstić information content (AvgIpc) is 2.64. The highest BCUT2D eigenvalue weighted by Crippen LogP contribution is 2.34. The Morgan fingerprint density at radius 2 is 2.36 bits per heavy atom. The Kier molecular flexibility index (Phi) is 2.46. The molecule has 1 aromatic rings. The van der Waals surface area contributed by atoms with Crippen LogP contribution in [0.15, 0.2) is 16.6 Å². The molecule has 0 amide bonds. The van der Waals surface area contributed by atoms with Crippen molar-refractivity contribution < 1.29 is 14.3 Å². The fourth-order valence-electron chi connectivity index (χ4n) is 1.50. The minimum absolute atomic E-state index is 0.319. The van der Waals surface area contributed by atoms with Crippen LogP contribution in [0.5, 0.6) is 5.75 Å². The van der Waals surface area contributed by atoms with Crippen LogP contribution in [0.3, 0.4) is 0 Å². The van der Waals surface area contributed by atoms with Gasteiger partial charge < -0.3 is 9.47 Å². The van der Waals surface area contributed by atoms with Crippen molar-refractivity contribution in [3.05, 3.63) is 27.7 Å². The molecular formula is C10H9BrO3. The normalized spacial score (nSPS) is 13.3. The van der Waals surface area contributed by atoms with Gasteiger partial charge in [0.15, 0.2) is 0 Å². The molecule has 0 spiro atoms. The van der Waals surface area contributed by atoms with E-state index >= 15 is 0 Å². The van der Waals surface area contributed by atoms with Crippen LogP contribution in [0.25, 0.3) is 0 Å². The van der Waals surface area contributed by atoms with Gasteiger partial charge in [-0.25, -0.2) is 4.79 Å². The quantitative estimate of drug-likeness (QED) is 0.723. The summed E-state index contributed by atoms with van der Waals surface area (Å²) in [6.07, 6.45) is 0.846.